The normalized spacial score (nSPS) is 17.2. The molecule has 236 valence electrons. The fourth-order valence-corrected chi connectivity index (χ4v) is 4.33. The molecule has 0 aromatic heterocycles. The minimum Gasteiger partial charge on any atom is -0.458 e. The Labute approximate surface area is 249 Å². The molecule has 1 saturated carbocycles. The topological polar surface area (TPSA) is 140 Å². The van der Waals surface area contributed by atoms with Crippen molar-refractivity contribution in [1.29, 1.82) is 0 Å². The van der Waals surface area contributed by atoms with Crippen LogP contribution in [-0.2, 0) is 35.0 Å². The van der Waals surface area contributed by atoms with E-state index in [2.05, 4.69) is 0 Å². The smallest absolute Gasteiger partial charge is 0.458 e. The Kier molecular flexibility index (Phi) is 14.8. The fourth-order valence-electron chi connectivity index (χ4n) is 4.33. The van der Waals surface area contributed by atoms with Gasteiger partial charge in [-0.15, -0.1) is 0 Å². The molecular formula is C32H49NO9. The average molecular weight is 592 g/mol. The average Bonchev–Trinajstić information content (AvgIpc) is 2.94. The van der Waals surface area contributed by atoms with Gasteiger partial charge in [0.1, 0.15) is 24.4 Å². The lowest BCUT2D eigenvalue weighted by atomic mass is 9.98. The Bertz CT molecular complexity index is 1040. The molecule has 0 bridgehead atoms. The van der Waals surface area contributed by atoms with Gasteiger partial charge in [0.05, 0.1) is 0 Å². The number of hydrogen-bond acceptors (Lipinski definition) is 10. The summed E-state index contributed by atoms with van der Waals surface area (Å²) < 4.78 is 27.3. The van der Waals surface area contributed by atoms with Crippen LogP contribution in [0, 0.1) is 11.8 Å². The van der Waals surface area contributed by atoms with Crippen molar-refractivity contribution in [2.45, 2.75) is 130 Å². The first-order valence-corrected chi connectivity index (χ1v) is 15.3. The van der Waals surface area contributed by atoms with E-state index in [1.807, 2.05) is 27.7 Å². The van der Waals surface area contributed by atoms with E-state index in [1.54, 1.807) is 26.0 Å². The molecular weight excluding hydrogens is 542 g/mol. The monoisotopic (exact) mass is 591 g/mol. The summed E-state index contributed by atoms with van der Waals surface area (Å²) >= 11 is 0. The molecule has 1 aromatic rings. The van der Waals surface area contributed by atoms with Crippen LogP contribution < -0.4 is 15.2 Å². The van der Waals surface area contributed by atoms with E-state index in [0.717, 1.165) is 44.9 Å². The summed E-state index contributed by atoms with van der Waals surface area (Å²) in [7, 11) is 0. The lowest BCUT2D eigenvalue weighted by Crippen LogP contribution is -2.39. The number of carbonyl (C=O) groups excluding carboxylic acids is 4. The predicted octanol–water partition coefficient (Wildman–Crippen LogP) is 6.05. The van der Waals surface area contributed by atoms with Crippen LogP contribution in [0.4, 0.5) is 4.79 Å². The first-order chi connectivity index (χ1) is 19.9. The van der Waals surface area contributed by atoms with E-state index < -0.39 is 42.3 Å². The molecule has 0 amide bonds. The van der Waals surface area contributed by atoms with Crippen LogP contribution >= 0.6 is 0 Å². The highest BCUT2D eigenvalue weighted by molar-refractivity contribution is 5.77. The molecule has 2 N–H and O–H groups in total. The van der Waals surface area contributed by atoms with Gasteiger partial charge in [-0.2, -0.15) is 0 Å². The van der Waals surface area contributed by atoms with Crippen molar-refractivity contribution in [2.24, 2.45) is 17.6 Å². The Morgan fingerprint density at radius 2 is 1.36 bits per heavy atom. The molecule has 42 heavy (non-hydrogen) atoms. The highest BCUT2D eigenvalue weighted by Crippen LogP contribution is 2.31. The van der Waals surface area contributed by atoms with Crippen LogP contribution in [-0.4, -0.2) is 48.4 Å². The number of hydrogen-bond donors (Lipinski definition) is 1. The minimum atomic E-state index is -1.05. The zero-order valence-corrected chi connectivity index (χ0v) is 26.0. The molecule has 5 atom stereocenters. The second-order valence-corrected chi connectivity index (χ2v) is 11.6. The van der Waals surface area contributed by atoms with Crippen molar-refractivity contribution in [2.75, 3.05) is 0 Å². The van der Waals surface area contributed by atoms with Crippen LogP contribution in [0.15, 0.2) is 18.2 Å². The van der Waals surface area contributed by atoms with Gasteiger partial charge in [0.25, 0.3) is 0 Å². The molecule has 0 aliphatic heterocycles. The molecule has 0 heterocycles. The standard InChI is InChI=1S/C32H49NO9/c1-7-20(3)16-29(34)41-27-15-14-24(19-28(27)42-30(35)17-21(4)8-2)18-26(33)31(36)38-22(5)23(6)39-32(37)40-25-12-10-9-11-13-25/h14-15,19-23,25-26H,7-13,16-18,33H2,1-6H3/t20?,21?,22-,23?,26-/m0/s1. The summed E-state index contributed by atoms with van der Waals surface area (Å²) in [5.74, 6) is -1.07. The Balaban J connectivity index is 2.01. The first kappa shape index (κ1) is 35.1. The molecule has 1 aromatic carbocycles. The number of esters is 3. The van der Waals surface area contributed by atoms with Crippen molar-refractivity contribution >= 4 is 24.1 Å². The van der Waals surface area contributed by atoms with E-state index in [-0.39, 0.29) is 48.7 Å². The van der Waals surface area contributed by atoms with E-state index in [4.69, 9.17) is 29.4 Å². The van der Waals surface area contributed by atoms with Gasteiger partial charge in [-0.3, -0.25) is 14.4 Å². The van der Waals surface area contributed by atoms with Gasteiger partial charge >= 0.3 is 24.1 Å². The fraction of sp³-hybridized carbons (Fsp3) is 0.688. The Morgan fingerprint density at radius 1 is 0.810 bits per heavy atom. The van der Waals surface area contributed by atoms with E-state index in [0.29, 0.717) is 5.56 Å². The van der Waals surface area contributed by atoms with E-state index in [9.17, 15) is 19.2 Å². The minimum absolute atomic E-state index is 0.0710. The molecule has 2 rings (SSSR count). The summed E-state index contributed by atoms with van der Waals surface area (Å²) in [6.07, 6.45) is 4.56. The molecule has 1 aliphatic carbocycles. The van der Waals surface area contributed by atoms with Crippen LogP contribution in [0.5, 0.6) is 11.5 Å². The van der Waals surface area contributed by atoms with Crippen molar-refractivity contribution in [3.63, 3.8) is 0 Å². The van der Waals surface area contributed by atoms with Gasteiger partial charge in [-0.1, -0.05) is 53.0 Å². The highest BCUT2D eigenvalue weighted by atomic mass is 16.7. The molecule has 1 aliphatic rings. The molecule has 1 fully saturated rings. The Hall–Kier alpha value is -3.14. The van der Waals surface area contributed by atoms with Gasteiger partial charge < -0.3 is 29.4 Å². The molecule has 10 nitrogen and oxygen atoms in total. The third-order valence-electron chi connectivity index (χ3n) is 7.70. The molecule has 0 radical (unpaired) electrons. The number of rotatable bonds is 15. The molecule has 10 heteroatoms. The second-order valence-electron chi connectivity index (χ2n) is 11.6. The third-order valence-corrected chi connectivity index (χ3v) is 7.70. The summed E-state index contributed by atoms with van der Waals surface area (Å²) in [5, 5.41) is 0. The van der Waals surface area contributed by atoms with Crippen molar-refractivity contribution < 1.29 is 42.9 Å². The van der Waals surface area contributed by atoms with Gasteiger partial charge in [0.15, 0.2) is 11.5 Å². The third kappa shape index (κ3) is 12.4. The SMILES string of the molecule is CCC(C)CC(=O)Oc1ccc(C[C@H](N)C(=O)O[C@@H](C)C(C)OC(=O)OC2CCCCC2)cc1OC(=O)CC(C)CC. The maximum Gasteiger partial charge on any atom is 0.508 e. The van der Waals surface area contributed by atoms with Gasteiger partial charge in [-0.25, -0.2) is 4.79 Å². The number of ether oxygens (including phenoxy) is 5. The van der Waals surface area contributed by atoms with Gasteiger partial charge in [0, 0.05) is 12.8 Å². The van der Waals surface area contributed by atoms with E-state index >= 15 is 0 Å². The maximum atomic E-state index is 12.8. The summed E-state index contributed by atoms with van der Waals surface area (Å²) in [5.41, 5.74) is 6.73. The lowest BCUT2D eigenvalue weighted by molar-refractivity contribution is -0.156. The van der Waals surface area contributed by atoms with Crippen molar-refractivity contribution in [1.82, 2.24) is 0 Å². The van der Waals surface area contributed by atoms with Gasteiger partial charge in [0.2, 0.25) is 0 Å². The lowest BCUT2D eigenvalue weighted by Gasteiger charge is -2.25. The van der Waals surface area contributed by atoms with Crippen LogP contribution in [0.2, 0.25) is 0 Å². The summed E-state index contributed by atoms with van der Waals surface area (Å²) in [4.78, 5) is 49.9. The predicted molar refractivity (Wildman–Crippen MR) is 157 cm³/mol. The number of carbonyl (C=O) groups is 4. The van der Waals surface area contributed by atoms with Gasteiger partial charge in [-0.05, 0) is 75.5 Å². The van der Waals surface area contributed by atoms with Crippen LogP contribution in [0.1, 0.15) is 105 Å². The Morgan fingerprint density at radius 3 is 1.93 bits per heavy atom. The first-order valence-electron chi connectivity index (χ1n) is 15.3. The molecule has 0 spiro atoms. The second kappa shape index (κ2) is 17.7. The quantitative estimate of drug-likeness (QED) is 0.189. The van der Waals surface area contributed by atoms with Crippen molar-refractivity contribution in [3.05, 3.63) is 23.8 Å². The summed E-state index contributed by atoms with van der Waals surface area (Å²) in [6.45, 7) is 11.1. The number of nitrogens with two attached hydrogens (primary N) is 1. The zero-order chi connectivity index (χ0) is 31.2. The van der Waals surface area contributed by atoms with Crippen LogP contribution in [0.25, 0.3) is 0 Å². The van der Waals surface area contributed by atoms with Crippen LogP contribution in [0.3, 0.4) is 0 Å². The van der Waals surface area contributed by atoms with Crippen molar-refractivity contribution in [3.8, 4) is 11.5 Å². The maximum absolute atomic E-state index is 12.8. The molecule has 3 unspecified atom stereocenters. The summed E-state index contributed by atoms with van der Waals surface area (Å²) in [6, 6.07) is 3.69. The zero-order valence-electron chi connectivity index (χ0n) is 26.0. The largest absolute Gasteiger partial charge is 0.508 e. The molecule has 0 saturated heterocycles. The number of benzene rings is 1. The highest BCUT2D eigenvalue weighted by Gasteiger charge is 2.27. The van der Waals surface area contributed by atoms with E-state index in [1.165, 1.54) is 6.07 Å².